The van der Waals surface area contributed by atoms with Gasteiger partial charge in [0.25, 0.3) is 0 Å². The fraction of sp³-hybridized carbons (Fsp3) is 0.280. The zero-order chi connectivity index (χ0) is 20.2. The maximum absolute atomic E-state index is 12.8. The van der Waals surface area contributed by atoms with Crippen LogP contribution in [0.3, 0.4) is 0 Å². The third-order valence-electron chi connectivity index (χ3n) is 5.33. The number of hydrogen-bond acceptors (Lipinski definition) is 3. The molecule has 0 radical (unpaired) electrons. The molecular formula is C25H26N2O2. The summed E-state index contributed by atoms with van der Waals surface area (Å²) in [6, 6.07) is 18.2. The largest absolute Gasteiger partial charge is 0.490 e. The smallest absolute Gasteiger partial charge is 0.221 e. The first-order valence-corrected chi connectivity index (χ1v) is 10.1. The Morgan fingerprint density at radius 2 is 2.00 bits per heavy atom. The Balaban J connectivity index is 1.44. The number of fused-ring (bicyclic) bond motifs is 1. The second-order valence-corrected chi connectivity index (χ2v) is 7.77. The lowest BCUT2D eigenvalue weighted by Gasteiger charge is -2.20. The van der Waals surface area contributed by atoms with Gasteiger partial charge in [0.05, 0.1) is 6.04 Å². The fourth-order valence-electron chi connectivity index (χ4n) is 3.79. The molecule has 3 aromatic rings. The number of aryl methyl sites for hydroxylation is 2. The number of carbonyl (C=O) groups excluding carboxylic acids is 1. The molecule has 0 fully saturated rings. The van der Waals surface area contributed by atoms with Crippen LogP contribution < -0.4 is 10.1 Å². The number of nitrogens with zero attached hydrogens (tertiary/aromatic N) is 1. The number of aromatic nitrogens is 1. The molecule has 1 amide bonds. The van der Waals surface area contributed by atoms with Crippen LogP contribution in [0.15, 0.2) is 67.0 Å². The summed E-state index contributed by atoms with van der Waals surface area (Å²) in [4.78, 5) is 17.0. The fourth-order valence-corrected chi connectivity index (χ4v) is 3.79. The van der Waals surface area contributed by atoms with E-state index < -0.39 is 0 Å². The van der Waals surface area contributed by atoms with Crippen molar-refractivity contribution in [3.63, 3.8) is 0 Å². The Morgan fingerprint density at radius 3 is 2.76 bits per heavy atom. The van der Waals surface area contributed by atoms with Gasteiger partial charge in [-0.3, -0.25) is 9.78 Å². The standard InChI is InChI=1S/C25H26N2O2/c1-17-5-9-20(10-6-17)25(21-4-3-13-26-16-21)27-24(28)12-8-19-7-11-23-22(15-19)14-18(2)29-23/h3-7,9-11,13,15-16,18,25H,8,12,14H2,1-2H3,(H,27,28)/t18-,25-/m1/s1. The summed E-state index contributed by atoms with van der Waals surface area (Å²) in [5, 5.41) is 3.20. The minimum absolute atomic E-state index is 0.0320. The van der Waals surface area contributed by atoms with Crippen LogP contribution in [0.25, 0.3) is 0 Å². The maximum Gasteiger partial charge on any atom is 0.221 e. The minimum atomic E-state index is -0.203. The van der Waals surface area contributed by atoms with Crippen molar-refractivity contribution in [1.82, 2.24) is 10.3 Å². The van der Waals surface area contributed by atoms with Crippen molar-refractivity contribution in [2.24, 2.45) is 0 Å². The molecule has 2 aromatic carbocycles. The molecular weight excluding hydrogens is 360 g/mol. The van der Waals surface area contributed by atoms with Crippen molar-refractivity contribution in [2.75, 3.05) is 0 Å². The lowest BCUT2D eigenvalue weighted by atomic mass is 9.98. The Bertz CT molecular complexity index is 983. The van der Waals surface area contributed by atoms with Gasteiger partial charge in [-0.2, -0.15) is 0 Å². The number of benzene rings is 2. The van der Waals surface area contributed by atoms with E-state index >= 15 is 0 Å². The van der Waals surface area contributed by atoms with Crippen LogP contribution in [0.4, 0.5) is 0 Å². The van der Waals surface area contributed by atoms with Gasteiger partial charge in [0, 0.05) is 25.2 Å². The predicted molar refractivity (Wildman–Crippen MR) is 114 cm³/mol. The molecule has 2 heterocycles. The third kappa shape index (κ3) is 4.65. The summed E-state index contributed by atoms with van der Waals surface area (Å²) in [6.45, 7) is 4.14. The average molecular weight is 386 g/mol. The molecule has 0 unspecified atom stereocenters. The lowest BCUT2D eigenvalue weighted by Crippen LogP contribution is -2.29. The maximum atomic E-state index is 12.8. The molecule has 1 aromatic heterocycles. The third-order valence-corrected chi connectivity index (χ3v) is 5.33. The Morgan fingerprint density at radius 1 is 1.17 bits per heavy atom. The molecule has 1 aliphatic rings. The van der Waals surface area contributed by atoms with Gasteiger partial charge >= 0.3 is 0 Å². The van der Waals surface area contributed by atoms with Gasteiger partial charge in [0.2, 0.25) is 5.91 Å². The van der Waals surface area contributed by atoms with Crippen LogP contribution in [-0.4, -0.2) is 17.0 Å². The lowest BCUT2D eigenvalue weighted by molar-refractivity contribution is -0.121. The van der Waals surface area contributed by atoms with Crippen LogP contribution in [0.5, 0.6) is 5.75 Å². The highest BCUT2D eigenvalue weighted by molar-refractivity contribution is 5.77. The van der Waals surface area contributed by atoms with E-state index in [1.165, 1.54) is 16.7 Å². The highest BCUT2D eigenvalue weighted by Crippen LogP contribution is 2.29. The quantitative estimate of drug-likeness (QED) is 0.676. The van der Waals surface area contributed by atoms with Gasteiger partial charge < -0.3 is 10.1 Å². The minimum Gasteiger partial charge on any atom is -0.490 e. The highest BCUT2D eigenvalue weighted by Gasteiger charge is 2.20. The molecule has 1 N–H and O–H groups in total. The topological polar surface area (TPSA) is 51.2 Å². The first-order valence-electron chi connectivity index (χ1n) is 10.1. The first kappa shape index (κ1) is 19.2. The molecule has 0 saturated carbocycles. The van der Waals surface area contributed by atoms with E-state index in [0.29, 0.717) is 12.8 Å². The van der Waals surface area contributed by atoms with Crippen molar-refractivity contribution < 1.29 is 9.53 Å². The number of pyridine rings is 1. The second-order valence-electron chi connectivity index (χ2n) is 7.77. The summed E-state index contributed by atoms with van der Waals surface area (Å²) in [6.07, 6.45) is 5.88. The molecule has 1 aliphatic heterocycles. The van der Waals surface area contributed by atoms with Crippen molar-refractivity contribution in [1.29, 1.82) is 0 Å². The van der Waals surface area contributed by atoms with E-state index in [9.17, 15) is 4.79 Å². The molecule has 2 atom stereocenters. The van der Waals surface area contributed by atoms with Crippen LogP contribution in [0.2, 0.25) is 0 Å². The Kier molecular flexibility index (Phi) is 5.61. The monoisotopic (exact) mass is 386 g/mol. The number of ether oxygens (including phenoxy) is 1. The van der Waals surface area contributed by atoms with E-state index in [-0.39, 0.29) is 18.1 Å². The summed E-state index contributed by atoms with van der Waals surface area (Å²) < 4.78 is 5.76. The summed E-state index contributed by atoms with van der Waals surface area (Å²) >= 11 is 0. The van der Waals surface area contributed by atoms with Crippen molar-refractivity contribution >= 4 is 5.91 Å². The molecule has 0 bridgehead atoms. The summed E-state index contributed by atoms with van der Waals surface area (Å²) in [7, 11) is 0. The zero-order valence-corrected chi connectivity index (χ0v) is 16.9. The van der Waals surface area contributed by atoms with E-state index in [1.54, 1.807) is 6.20 Å². The van der Waals surface area contributed by atoms with Gasteiger partial charge in [-0.1, -0.05) is 48.0 Å². The van der Waals surface area contributed by atoms with Crippen LogP contribution in [-0.2, 0) is 17.6 Å². The zero-order valence-electron chi connectivity index (χ0n) is 16.9. The second kappa shape index (κ2) is 8.48. The molecule has 4 rings (SSSR count). The van der Waals surface area contributed by atoms with E-state index in [0.717, 1.165) is 23.3 Å². The average Bonchev–Trinajstić information content (AvgIpc) is 3.11. The van der Waals surface area contributed by atoms with Crippen molar-refractivity contribution in [3.05, 3.63) is 94.8 Å². The van der Waals surface area contributed by atoms with E-state index in [4.69, 9.17) is 4.74 Å². The van der Waals surface area contributed by atoms with Crippen molar-refractivity contribution in [3.8, 4) is 5.75 Å². The molecule has 29 heavy (non-hydrogen) atoms. The summed E-state index contributed by atoms with van der Waals surface area (Å²) in [5.41, 5.74) is 5.64. The number of amides is 1. The van der Waals surface area contributed by atoms with Gasteiger partial charge in [-0.25, -0.2) is 0 Å². The summed E-state index contributed by atoms with van der Waals surface area (Å²) in [5.74, 6) is 1.01. The molecule has 0 saturated heterocycles. The molecule has 0 spiro atoms. The molecule has 0 aliphatic carbocycles. The highest BCUT2D eigenvalue weighted by atomic mass is 16.5. The number of hydrogen-bond donors (Lipinski definition) is 1. The van der Waals surface area contributed by atoms with Gasteiger partial charge in [0.1, 0.15) is 11.9 Å². The molecule has 148 valence electrons. The first-order chi connectivity index (χ1) is 14.1. The number of carbonyl (C=O) groups is 1. The predicted octanol–water partition coefficient (Wildman–Crippen LogP) is 4.55. The SMILES string of the molecule is Cc1ccc([C@@H](NC(=O)CCc2ccc3c(c2)C[C@@H](C)O3)c2cccnc2)cc1. The van der Waals surface area contributed by atoms with E-state index in [2.05, 4.69) is 60.5 Å². The van der Waals surface area contributed by atoms with Gasteiger partial charge in [-0.15, -0.1) is 0 Å². The normalized spacial score (nSPS) is 16.0. The number of rotatable bonds is 6. The van der Waals surface area contributed by atoms with Crippen LogP contribution in [0, 0.1) is 6.92 Å². The Hall–Kier alpha value is -3.14. The number of nitrogens with one attached hydrogen (secondary N) is 1. The van der Waals surface area contributed by atoms with Crippen molar-refractivity contribution in [2.45, 2.75) is 45.3 Å². The Labute approximate surface area is 172 Å². The van der Waals surface area contributed by atoms with Gasteiger partial charge in [-0.05, 0) is 54.7 Å². The van der Waals surface area contributed by atoms with Crippen LogP contribution >= 0.6 is 0 Å². The molecule has 4 heteroatoms. The van der Waals surface area contributed by atoms with Crippen LogP contribution in [0.1, 0.15) is 47.2 Å². The molecule has 4 nitrogen and oxygen atoms in total. The van der Waals surface area contributed by atoms with E-state index in [1.807, 2.05) is 24.4 Å². The van der Waals surface area contributed by atoms with Gasteiger partial charge in [0.15, 0.2) is 0 Å².